The molecule has 0 unspecified atom stereocenters. The Morgan fingerprint density at radius 1 is 1.35 bits per heavy atom. The largest absolute Gasteiger partial charge is 0.382 e. The smallest absolute Gasteiger partial charge is 0.0897 e. The number of anilines is 1. The van der Waals surface area contributed by atoms with Crippen molar-refractivity contribution in [2.45, 2.75) is 6.42 Å². The molecule has 2 rings (SSSR count). The summed E-state index contributed by atoms with van der Waals surface area (Å²) >= 11 is 6.15. The molecule has 0 bridgehead atoms. The molecule has 1 aromatic heterocycles. The average Bonchev–Trinajstić information content (AvgIpc) is 2.78. The van der Waals surface area contributed by atoms with Crippen molar-refractivity contribution in [1.29, 1.82) is 0 Å². The van der Waals surface area contributed by atoms with Crippen molar-refractivity contribution in [3.05, 3.63) is 35.5 Å². The predicted octanol–water partition coefficient (Wildman–Crippen LogP) is 2.49. The predicted molar refractivity (Wildman–Crippen MR) is 71.2 cm³/mol. The maximum Gasteiger partial charge on any atom is 0.0897 e. The molecule has 4 N–H and O–H groups in total. The van der Waals surface area contributed by atoms with Gasteiger partial charge in [0.05, 0.1) is 22.6 Å². The average molecular weight is 251 g/mol. The van der Waals surface area contributed by atoms with Crippen molar-refractivity contribution in [1.82, 2.24) is 10.2 Å². The Labute approximate surface area is 105 Å². The number of H-pyrrole nitrogens is 1. The van der Waals surface area contributed by atoms with E-state index in [0.717, 1.165) is 29.9 Å². The van der Waals surface area contributed by atoms with Crippen molar-refractivity contribution < 1.29 is 0 Å². The standard InChI is InChI=1S/C12H15ClN4/c13-10-5-2-1-4-9(10)12-11(8-16-17-12)15-7-3-6-14/h1-2,4-5,8,15H,3,6-7,14H2,(H,16,17). The molecule has 90 valence electrons. The number of hydrogen-bond acceptors (Lipinski definition) is 3. The monoisotopic (exact) mass is 250 g/mol. The van der Waals surface area contributed by atoms with Crippen LogP contribution in [0.25, 0.3) is 11.3 Å². The molecule has 0 spiro atoms. The molecule has 2 aromatic rings. The highest BCUT2D eigenvalue weighted by atomic mass is 35.5. The minimum absolute atomic E-state index is 0.673. The molecule has 17 heavy (non-hydrogen) atoms. The molecule has 0 aliphatic rings. The first kappa shape index (κ1) is 12.0. The molecule has 0 fully saturated rings. The molecule has 4 nitrogen and oxygen atoms in total. The fourth-order valence-electron chi connectivity index (χ4n) is 1.61. The van der Waals surface area contributed by atoms with Gasteiger partial charge in [0.1, 0.15) is 0 Å². The second-order valence-corrected chi connectivity index (χ2v) is 4.11. The topological polar surface area (TPSA) is 66.7 Å². The van der Waals surface area contributed by atoms with E-state index in [4.69, 9.17) is 17.3 Å². The SMILES string of the molecule is NCCCNc1cn[nH]c1-c1ccccc1Cl. The van der Waals surface area contributed by atoms with E-state index in [1.54, 1.807) is 6.20 Å². The Morgan fingerprint density at radius 3 is 2.94 bits per heavy atom. The third-order valence-corrected chi connectivity index (χ3v) is 2.81. The van der Waals surface area contributed by atoms with Crippen molar-refractivity contribution in [2.75, 3.05) is 18.4 Å². The molecule has 5 heteroatoms. The van der Waals surface area contributed by atoms with Gasteiger partial charge >= 0.3 is 0 Å². The van der Waals surface area contributed by atoms with Crippen molar-refractivity contribution in [2.24, 2.45) is 5.73 Å². The third-order valence-electron chi connectivity index (χ3n) is 2.48. The molecule has 0 atom stereocenters. The lowest BCUT2D eigenvalue weighted by Crippen LogP contribution is -2.08. The molecular formula is C12H15ClN4. The lowest BCUT2D eigenvalue weighted by Gasteiger charge is -2.07. The number of nitrogens with one attached hydrogen (secondary N) is 2. The van der Waals surface area contributed by atoms with Crippen molar-refractivity contribution in [3.63, 3.8) is 0 Å². The van der Waals surface area contributed by atoms with Gasteiger partial charge in [-0.05, 0) is 19.0 Å². The van der Waals surface area contributed by atoms with Gasteiger partial charge in [-0.2, -0.15) is 5.10 Å². The number of aromatic nitrogens is 2. The maximum absolute atomic E-state index is 6.15. The highest BCUT2D eigenvalue weighted by Gasteiger charge is 2.09. The Morgan fingerprint density at radius 2 is 2.18 bits per heavy atom. The summed E-state index contributed by atoms with van der Waals surface area (Å²) in [6.45, 7) is 1.50. The minimum atomic E-state index is 0.673. The van der Waals surface area contributed by atoms with Crippen LogP contribution in [0.1, 0.15) is 6.42 Å². The molecule has 0 saturated heterocycles. The van der Waals surface area contributed by atoms with E-state index in [-0.39, 0.29) is 0 Å². The first-order valence-corrected chi connectivity index (χ1v) is 5.93. The number of halogens is 1. The maximum atomic E-state index is 6.15. The molecule has 0 aliphatic carbocycles. The molecule has 0 saturated carbocycles. The first-order chi connectivity index (χ1) is 8.33. The second-order valence-electron chi connectivity index (χ2n) is 3.71. The number of hydrogen-bond donors (Lipinski definition) is 3. The highest BCUT2D eigenvalue weighted by molar-refractivity contribution is 6.33. The van der Waals surface area contributed by atoms with Gasteiger partial charge in [-0.15, -0.1) is 0 Å². The Kier molecular flexibility index (Phi) is 4.01. The van der Waals surface area contributed by atoms with Crippen LogP contribution in [-0.4, -0.2) is 23.3 Å². The van der Waals surface area contributed by atoms with Gasteiger partial charge in [0.25, 0.3) is 0 Å². The summed E-state index contributed by atoms with van der Waals surface area (Å²) in [7, 11) is 0. The molecule has 1 aromatic carbocycles. The van der Waals surface area contributed by atoms with E-state index in [0.29, 0.717) is 11.6 Å². The Hall–Kier alpha value is -1.52. The number of nitrogens with two attached hydrogens (primary N) is 1. The van der Waals surface area contributed by atoms with E-state index < -0.39 is 0 Å². The Balaban J connectivity index is 2.22. The van der Waals surface area contributed by atoms with E-state index in [1.165, 1.54) is 0 Å². The first-order valence-electron chi connectivity index (χ1n) is 5.55. The van der Waals surface area contributed by atoms with E-state index in [2.05, 4.69) is 15.5 Å². The minimum Gasteiger partial charge on any atom is -0.382 e. The van der Waals surface area contributed by atoms with Crippen LogP contribution in [0.15, 0.2) is 30.5 Å². The van der Waals surface area contributed by atoms with Crippen LogP contribution in [0, 0.1) is 0 Å². The van der Waals surface area contributed by atoms with E-state index in [9.17, 15) is 0 Å². The molecule has 1 heterocycles. The normalized spacial score (nSPS) is 10.5. The lowest BCUT2D eigenvalue weighted by atomic mass is 10.1. The van der Waals surface area contributed by atoms with E-state index in [1.807, 2.05) is 24.3 Å². The number of rotatable bonds is 5. The molecule has 0 radical (unpaired) electrons. The van der Waals surface area contributed by atoms with Crippen LogP contribution in [-0.2, 0) is 0 Å². The summed E-state index contributed by atoms with van der Waals surface area (Å²) in [4.78, 5) is 0. The fraction of sp³-hybridized carbons (Fsp3) is 0.250. The van der Waals surface area contributed by atoms with Gasteiger partial charge in [-0.1, -0.05) is 29.8 Å². The quantitative estimate of drug-likeness (QED) is 0.715. The Bertz CT molecular complexity index is 481. The summed E-state index contributed by atoms with van der Waals surface area (Å²) < 4.78 is 0. The van der Waals surface area contributed by atoms with E-state index >= 15 is 0 Å². The zero-order chi connectivity index (χ0) is 12.1. The van der Waals surface area contributed by atoms with Crippen LogP contribution in [0.3, 0.4) is 0 Å². The summed E-state index contributed by atoms with van der Waals surface area (Å²) in [6.07, 6.45) is 2.68. The van der Waals surface area contributed by atoms with Gasteiger partial charge in [-0.3, -0.25) is 5.10 Å². The summed E-state index contributed by atoms with van der Waals surface area (Å²) in [5.41, 5.74) is 8.26. The van der Waals surface area contributed by atoms with Gasteiger partial charge < -0.3 is 11.1 Å². The number of nitrogens with zero attached hydrogens (tertiary/aromatic N) is 1. The van der Waals surface area contributed by atoms with Gasteiger partial charge in [0, 0.05) is 12.1 Å². The number of benzene rings is 1. The highest BCUT2D eigenvalue weighted by Crippen LogP contribution is 2.30. The van der Waals surface area contributed by atoms with Crippen molar-refractivity contribution in [3.8, 4) is 11.3 Å². The van der Waals surface area contributed by atoms with Crippen molar-refractivity contribution >= 4 is 17.3 Å². The third kappa shape index (κ3) is 2.78. The van der Waals surface area contributed by atoms with Gasteiger partial charge in [0.2, 0.25) is 0 Å². The van der Waals surface area contributed by atoms with Crippen LogP contribution in [0.4, 0.5) is 5.69 Å². The van der Waals surface area contributed by atoms with Crippen LogP contribution in [0.5, 0.6) is 0 Å². The van der Waals surface area contributed by atoms with Crippen LogP contribution < -0.4 is 11.1 Å². The van der Waals surface area contributed by atoms with Crippen LogP contribution in [0.2, 0.25) is 5.02 Å². The molecular weight excluding hydrogens is 236 g/mol. The second kappa shape index (κ2) is 5.70. The molecule has 0 aliphatic heterocycles. The number of aromatic amines is 1. The summed E-state index contributed by atoms with van der Waals surface area (Å²) in [5.74, 6) is 0. The van der Waals surface area contributed by atoms with Gasteiger partial charge in [-0.25, -0.2) is 0 Å². The zero-order valence-corrected chi connectivity index (χ0v) is 10.2. The summed E-state index contributed by atoms with van der Waals surface area (Å²) in [5, 5.41) is 11.0. The van der Waals surface area contributed by atoms with Crippen LogP contribution >= 0.6 is 11.6 Å². The summed E-state index contributed by atoms with van der Waals surface area (Å²) in [6, 6.07) is 7.68. The van der Waals surface area contributed by atoms with Gasteiger partial charge in [0.15, 0.2) is 0 Å². The fourth-order valence-corrected chi connectivity index (χ4v) is 1.84. The lowest BCUT2D eigenvalue weighted by molar-refractivity contribution is 0.875. The molecule has 0 amide bonds. The zero-order valence-electron chi connectivity index (χ0n) is 9.41.